The molecule has 0 saturated heterocycles. The quantitative estimate of drug-likeness (QED) is 0.684. The maximum atomic E-state index is 12.0. The van der Waals surface area contributed by atoms with Gasteiger partial charge in [-0.25, -0.2) is 14.8 Å². The molecule has 1 atom stereocenters. The minimum absolute atomic E-state index is 0.0200. The second-order valence-corrected chi connectivity index (χ2v) is 5.03. The van der Waals surface area contributed by atoms with Gasteiger partial charge >= 0.3 is 5.97 Å². The molecule has 0 spiro atoms. The molecule has 22 heavy (non-hydrogen) atoms. The fraction of sp³-hybridized carbons (Fsp3) is 0.143. The molecular formula is C14H11Cl2N3O3. The van der Waals surface area contributed by atoms with Crippen molar-refractivity contribution in [2.75, 3.05) is 5.32 Å². The number of hydrogen-bond acceptors (Lipinski definition) is 5. The Morgan fingerprint density at radius 2 is 2.00 bits per heavy atom. The van der Waals surface area contributed by atoms with E-state index in [2.05, 4.69) is 15.3 Å². The molecule has 0 aliphatic carbocycles. The van der Waals surface area contributed by atoms with Crippen molar-refractivity contribution in [3.05, 3.63) is 52.5 Å². The molecule has 2 aromatic rings. The molecule has 0 unspecified atom stereocenters. The summed E-state index contributed by atoms with van der Waals surface area (Å²) in [6, 6.07) is 6.08. The van der Waals surface area contributed by atoms with E-state index in [0.29, 0.717) is 10.7 Å². The average Bonchev–Trinajstić information content (AvgIpc) is 2.49. The maximum absolute atomic E-state index is 12.0. The van der Waals surface area contributed by atoms with Gasteiger partial charge in [0.25, 0.3) is 5.91 Å². The first-order chi connectivity index (χ1) is 10.5. The number of esters is 1. The second kappa shape index (κ2) is 7.20. The molecule has 2 heterocycles. The SMILES string of the molecule is C[C@@H](OC(=O)c1cc(Cl)ccn1)C(=O)Nc1cccnc1Cl. The Morgan fingerprint density at radius 1 is 1.23 bits per heavy atom. The van der Waals surface area contributed by atoms with Crippen LogP contribution in [0.2, 0.25) is 10.2 Å². The van der Waals surface area contributed by atoms with Crippen LogP contribution < -0.4 is 5.32 Å². The van der Waals surface area contributed by atoms with E-state index in [1.807, 2.05) is 0 Å². The smallest absolute Gasteiger partial charge is 0.357 e. The standard InChI is InChI=1S/C14H11Cl2N3O3/c1-8(13(20)19-10-3-2-5-18-12(10)16)22-14(21)11-7-9(15)4-6-17-11/h2-8H,1H3,(H,19,20)/t8-/m1/s1. The summed E-state index contributed by atoms with van der Waals surface area (Å²) in [7, 11) is 0. The van der Waals surface area contributed by atoms with Gasteiger partial charge < -0.3 is 10.1 Å². The van der Waals surface area contributed by atoms with Crippen molar-refractivity contribution in [1.29, 1.82) is 0 Å². The Hall–Kier alpha value is -2.18. The summed E-state index contributed by atoms with van der Waals surface area (Å²) < 4.78 is 5.03. The number of amides is 1. The number of nitrogens with one attached hydrogen (secondary N) is 1. The van der Waals surface area contributed by atoms with Gasteiger partial charge in [-0.2, -0.15) is 0 Å². The Morgan fingerprint density at radius 3 is 2.68 bits per heavy atom. The third-order valence-electron chi connectivity index (χ3n) is 2.60. The predicted molar refractivity (Wildman–Crippen MR) is 82.0 cm³/mol. The van der Waals surface area contributed by atoms with Gasteiger partial charge in [0.15, 0.2) is 11.3 Å². The van der Waals surface area contributed by atoms with Crippen molar-refractivity contribution in [3.63, 3.8) is 0 Å². The zero-order valence-electron chi connectivity index (χ0n) is 11.4. The van der Waals surface area contributed by atoms with Crippen molar-refractivity contribution in [2.45, 2.75) is 13.0 Å². The van der Waals surface area contributed by atoms with Crippen LogP contribution in [0.25, 0.3) is 0 Å². The summed E-state index contributed by atoms with van der Waals surface area (Å²) in [5.41, 5.74) is 0.351. The number of carbonyl (C=O) groups is 2. The van der Waals surface area contributed by atoms with Crippen molar-refractivity contribution in [1.82, 2.24) is 9.97 Å². The Bertz CT molecular complexity index is 709. The van der Waals surface area contributed by atoms with E-state index in [4.69, 9.17) is 27.9 Å². The summed E-state index contributed by atoms with van der Waals surface area (Å²) in [5, 5.41) is 3.01. The number of carbonyl (C=O) groups excluding carboxylic acids is 2. The molecule has 2 rings (SSSR count). The van der Waals surface area contributed by atoms with Crippen molar-refractivity contribution in [3.8, 4) is 0 Å². The number of rotatable bonds is 4. The predicted octanol–water partition coefficient (Wildman–Crippen LogP) is 2.97. The monoisotopic (exact) mass is 339 g/mol. The number of halogens is 2. The Kier molecular flexibility index (Phi) is 5.30. The fourth-order valence-electron chi connectivity index (χ4n) is 1.50. The molecule has 0 aliphatic heterocycles. The van der Waals surface area contributed by atoms with Gasteiger partial charge in [-0.3, -0.25) is 4.79 Å². The van der Waals surface area contributed by atoms with Gasteiger partial charge in [-0.15, -0.1) is 0 Å². The molecule has 8 heteroatoms. The third-order valence-corrected chi connectivity index (χ3v) is 3.14. The normalized spacial score (nSPS) is 11.6. The minimum Gasteiger partial charge on any atom is -0.448 e. The topological polar surface area (TPSA) is 81.2 Å². The molecule has 0 radical (unpaired) electrons. The van der Waals surface area contributed by atoms with Crippen LogP contribution in [-0.2, 0) is 9.53 Å². The van der Waals surface area contributed by atoms with Crippen LogP contribution >= 0.6 is 23.2 Å². The lowest BCUT2D eigenvalue weighted by Crippen LogP contribution is -2.30. The first-order valence-corrected chi connectivity index (χ1v) is 6.97. The highest BCUT2D eigenvalue weighted by Crippen LogP contribution is 2.18. The largest absolute Gasteiger partial charge is 0.448 e. The van der Waals surface area contributed by atoms with Crippen molar-refractivity contribution < 1.29 is 14.3 Å². The second-order valence-electron chi connectivity index (χ2n) is 4.24. The lowest BCUT2D eigenvalue weighted by Gasteiger charge is -2.13. The molecule has 6 nitrogen and oxygen atoms in total. The summed E-state index contributed by atoms with van der Waals surface area (Å²) in [4.78, 5) is 31.5. The van der Waals surface area contributed by atoms with E-state index < -0.39 is 18.0 Å². The molecule has 1 amide bonds. The third kappa shape index (κ3) is 4.16. The van der Waals surface area contributed by atoms with E-state index in [1.165, 1.54) is 31.5 Å². The molecule has 0 fully saturated rings. The van der Waals surface area contributed by atoms with Crippen LogP contribution in [0.4, 0.5) is 5.69 Å². The van der Waals surface area contributed by atoms with Gasteiger partial charge in [-0.05, 0) is 31.2 Å². The zero-order valence-corrected chi connectivity index (χ0v) is 12.9. The van der Waals surface area contributed by atoms with Crippen LogP contribution in [0, 0.1) is 0 Å². The summed E-state index contributed by atoms with van der Waals surface area (Å²) in [6.45, 7) is 1.43. The van der Waals surface area contributed by atoms with Gasteiger partial charge in [0.2, 0.25) is 0 Å². The lowest BCUT2D eigenvalue weighted by molar-refractivity contribution is -0.123. The number of pyridine rings is 2. The van der Waals surface area contributed by atoms with Crippen LogP contribution in [0.15, 0.2) is 36.7 Å². The average molecular weight is 340 g/mol. The van der Waals surface area contributed by atoms with E-state index in [0.717, 1.165) is 0 Å². The number of aromatic nitrogens is 2. The summed E-state index contributed by atoms with van der Waals surface area (Å²) in [6.07, 6.45) is 1.83. The zero-order chi connectivity index (χ0) is 16.1. The van der Waals surface area contributed by atoms with Crippen LogP contribution in [-0.4, -0.2) is 27.9 Å². The molecule has 0 aliphatic rings. The Balaban J connectivity index is 1.99. The van der Waals surface area contributed by atoms with E-state index in [1.54, 1.807) is 12.1 Å². The fourth-order valence-corrected chi connectivity index (χ4v) is 1.83. The first kappa shape index (κ1) is 16.2. The van der Waals surface area contributed by atoms with E-state index in [9.17, 15) is 9.59 Å². The van der Waals surface area contributed by atoms with Crippen molar-refractivity contribution in [2.24, 2.45) is 0 Å². The Labute approximate surface area is 136 Å². The molecule has 1 N–H and O–H groups in total. The number of ether oxygens (including phenoxy) is 1. The van der Waals surface area contributed by atoms with Crippen LogP contribution in [0.5, 0.6) is 0 Å². The maximum Gasteiger partial charge on any atom is 0.357 e. The van der Waals surface area contributed by atoms with Gasteiger partial charge in [0.05, 0.1) is 5.69 Å². The number of anilines is 1. The van der Waals surface area contributed by atoms with Crippen LogP contribution in [0.3, 0.4) is 0 Å². The van der Waals surface area contributed by atoms with Gasteiger partial charge in [0.1, 0.15) is 5.69 Å². The molecule has 0 aromatic carbocycles. The summed E-state index contributed by atoms with van der Waals surface area (Å²) >= 11 is 11.6. The van der Waals surface area contributed by atoms with Crippen LogP contribution in [0.1, 0.15) is 17.4 Å². The highest BCUT2D eigenvalue weighted by atomic mass is 35.5. The lowest BCUT2D eigenvalue weighted by atomic mass is 10.3. The molecule has 114 valence electrons. The molecular weight excluding hydrogens is 329 g/mol. The molecule has 0 bridgehead atoms. The van der Waals surface area contributed by atoms with E-state index >= 15 is 0 Å². The first-order valence-electron chi connectivity index (χ1n) is 6.21. The number of nitrogens with zero attached hydrogens (tertiary/aromatic N) is 2. The van der Waals surface area contributed by atoms with Gasteiger partial charge in [0, 0.05) is 17.4 Å². The summed E-state index contributed by atoms with van der Waals surface area (Å²) in [5.74, 6) is -1.28. The minimum atomic E-state index is -1.04. The molecule has 0 saturated carbocycles. The van der Waals surface area contributed by atoms with E-state index in [-0.39, 0.29) is 10.8 Å². The highest BCUT2D eigenvalue weighted by Gasteiger charge is 2.20. The number of hydrogen-bond donors (Lipinski definition) is 1. The van der Waals surface area contributed by atoms with Gasteiger partial charge in [-0.1, -0.05) is 23.2 Å². The highest BCUT2D eigenvalue weighted by molar-refractivity contribution is 6.32. The molecule has 2 aromatic heterocycles. The van der Waals surface area contributed by atoms with Crippen molar-refractivity contribution >= 4 is 40.8 Å².